The lowest BCUT2D eigenvalue weighted by Crippen LogP contribution is -2.29. The highest BCUT2D eigenvalue weighted by molar-refractivity contribution is 5.93. The van der Waals surface area contributed by atoms with Gasteiger partial charge in [-0.15, -0.1) is 0 Å². The molecule has 0 unspecified atom stereocenters. The summed E-state index contributed by atoms with van der Waals surface area (Å²) >= 11 is 0. The van der Waals surface area contributed by atoms with Crippen LogP contribution in [0.2, 0.25) is 0 Å². The van der Waals surface area contributed by atoms with E-state index in [-0.39, 0.29) is 11.8 Å². The summed E-state index contributed by atoms with van der Waals surface area (Å²) < 4.78 is 5.36. The molecule has 2 aliphatic rings. The minimum atomic E-state index is 0.132. The number of likely N-dealkylation sites (N-methyl/N-ethyl adjacent to an activating group) is 1. The van der Waals surface area contributed by atoms with E-state index in [1.807, 2.05) is 6.07 Å². The molecule has 1 aromatic rings. The molecule has 0 bridgehead atoms. The number of ether oxygens (including phenoxy) is 1. The molecule has 114 valence electrons. The number of nitrogens with one attached hydrogen (secondary N) is 1. The molecule has 0 radical (unpaired) electrons. The van der Waals surface area contributed by atoms with Gasteiger partial charge in [-0.1, -0.05) is 0 Å². The van der Waals surface area contributed by atoms with E-state index in [1.165, 1.54) is 11.3 Å². The number of methoxy groups -OCH3 is 1. The maximum absolute atomic E-state index is 12.4. The van der Waals surface area contributed by atoms with Gasteiger partial charge in [-0.05, 0) is 55.9 Å². The lowest BCUT2D eigenvalue weighted by Gasteiger charge is -2.26. The molecule has 0 atom stereocenters. The van der Waals surface area contributed by atoms with Crippen LogP contribution in [0.4, 0.5) is 11.4 Å². The van der Waals surface area contributed by atoms with Crippen molar-refractivity contribution in [3.63, 3.8) is 0 Å². The molecule has 1 aromatic carbocycles. The number of rotatable bonds is 3. The predicted octanol–water partition coefficient (Wildman–Crippen LogP) is 2.82. The van der Waals surface area contributed by atoms with Crippen molar-refractivity contribution in [2.75, 3.05) is 30.9 Å². The van der Waals surface area contributed by atoms with Crippen molar-refractivity contribution in [1.29, 1.82) is 0 Å². The first-order valence-electron chi connectivity index (χ1n) is 7.85. The Morgan fingerprint density at radius 1 is 1.29 bits per heavy atom. The fourth-order valence-corrected chi connectivity index (χ4v) is 3.45. The number of carbonyl (C=O) groups excluding carboxylic acids is 1. The van der Waals surface area contributed by atoms with Gasteiger partial charge in [0.2, 0.25) is 5.91 Å². The number of nitrogens with zero attached hydrogens (tertiary/aromatic N) is 1. The van der Waals surface area contributed by atoms with E-state index in [9.17, 15) is 4.79 Å². The topological polar surface area (TPSA) is 41.6 Å². The second-order valence-electron chi connectivity index (χ2n) is 6.21. The van der Waals surface area contributed by atoms with Crippen LogP contribution in [0, 0.1) is 5.92 Å². The van der Waals surface area contributed by atoms with Gasteiger partial charge in [0.1, 0.15) is 0 Å². The van der Waals surface area contributed by atoms with E-state index in [2.05, 4.69) is 29.4 Å². The molecule has 21 heavy (non-hydrogen) atoms. The Kier molecular flexibility index (Phi) is 4.15. The van der Waals surface area contributed by atoms with Crippen LogP contribution < -0.4 is 10.2 Å². The van der Waals surface area contributed by atoms with Crippen LogP contribution in [0.3, 0.4) is 0 Å². The normalized spacial score (nSPS) is 24.8. The number of anilines is 2. The van der Waals surface area contributed by atoms with Crippen molar-refractivity contribution in [1.82, 2.24) is 0 Å². The van der Waals surface area contributed by atoms with Crippen molar-refractivity contribution in [3.05, 3.63) is 23.8 Å². The highest BCUT2D eigenvalue weighted by Crippen LogP contribution is 2.30. The standard InChI is InChI=1S/C17H24N2O2/c1-19-10-9-13-11-14(5-8-16(13)19)18-17(20)12-3-6-15(21-2)7-4-12/h5,8,11-12,15H,3-4,6-7,9-10H2,1-2H3,(H,18,20). The highest BCUT2D eigenvalue weighted by atomic mass is 16.5. The molecule has 1 saturated carbocycles. The van der Waals surface area contributed by atoms with Gasteiger partial charge in [-0.2, -0.15) is 0 Å². The smallest absolute Gasteiger partial charge is 0.227 e. The zero-order valence-electron chi connectivity index (χ0n) is 12.9. The molecule has 0 spiro atoms. The lowest BCUT2D eigenvalue weighted by atomic mass is 9.86. The molecular formula is C17H24N2O2. The van der Waals surface area contributed by atoms with Crippen LogP contribution in [-0.4, -0.2) is 32.7 Å². The maximum Gasteiger partial charge on any atom is 0.227 e. The van der Waals surface area contributed by atoms with Crippen molar-refractivity contribution in [2.45, 2.75) is 38.2 Å². The van der Waals surface area contributed by atoms with E-state index in [0.29, 0.717) is 6.10 Å². The summed E-state index contributed by atoms with van der Waals surface area (Å²) in [5, 5.41) is 3.09. The third kappa shape index (κ3) is 3.05. The van der Waals surface area contributed by atoms with Gasteiger partial charge in [-0.25, -0.2) is 0 Å². The Morgan fingerprint density at radius 3 is 2.76 bits per heavy atom. The van der Waals surface area contributed by atoms with Crippen molar-refractivity contribution >= 4 is 17.3 Å². The highest BCUT2D eigenvalue weighted by Gasteiger charge is 2.26. The minimum Gasteiger partial charge on any atom is -0.381 e. The fourth-order valence-electron chi connectivity index (χ4n) is 3.45. The molecule has 4 heteroatoms. The Bertz CT molecular complexity index is 522. The summed E-state index contributed by atoms with van der Waals surface area (Å²) in [5.74, 6) is 0.295. The number of fused-ring (bicyclic) bond motifs is 1. The third-order valence-corrected chi connectivity index (χ3v) is 4.85. The van der Waals surface area contributed by atoms with E-state index >= 15 is 0 Å². The SMILES string of the molecule is COC1CCC(C(=O)Nc2ccc3c(c2)CCN3C)CC1. The van der Waals surface area contributed by atoms with Crippen LogP contribution in [0.5, 0.6) is 0 Å². The Morgan fingerprint density at radius 2 is 2.05 bits per heavy atom. The molecule has 3 rings (SSSR count). The molecule has 1 aliphatic heterocycles. The second-order valence-corrected chi connectivity index (χ2v) is 6.21. The van der Waals surface area contributed by atoms with Crippen LogP contribution >= 0.6 is 0 Å². The summed E-state index contributed by atoms with van der Waals surface area (Å²) in [6, 6.07) is 6.25. The minimum absolute atomic E-state index is 0.132. The van der Waals surface area contributed by atoms with E-state index < -0.39 is 0 Å². The molecule has 1 heterocycles. The Labute approximate surface area is 126 Å². The van der Waals surface area contributed by atoms with E-state index in [4.69, 9.17) is 4.74 Å². The van der Waals surface area contributed by atoms with Crippen LogP contribution in [0.1, 0.15) is 31.2 Å². The van der Waals surface area contributed by atoms with Gasteiger partial charge in [0, 0.05) is 38.0 Å². The van der Waals surface area contributed by atoms with Gasteiger partial charge in [0.25, 0.3) is 0 Å². The summed E-state index contributed by atoms with van der Waals surface area (Å²) in [6.45, 7) is 1.06. The summed E-state index contributed by atoms with van der Waals surface area (Å²) in [5.41, 5.74) is 3.55. The molecule has 1 amide bonds. The van der Waals surface area contributed by atoms with Crippen LogP contribution in [-0.2, 0) is 16.0 Å². The average Bonchev–Trinajstić information content (AvgIpc) is 2.88. The molecule has 4 nitrogen and oxygen atoms in total. The quantitative estimate of drug-likeness (QED) is 0.930. The third-order valence-electron chi connectivity index (χ3n) is 4.85. The van der Waals surface area contributed by atoms with Gasteiger partial charge in [-0.3, -0.25) is 4.79 Å². The van der Waals surface area contributed by atoms with Crippen molar-refractivity contribution in [3.8, 4) is 0 Å². The number of hydrogen-bond donors (Lipinski definition) is 1. The fraction of sp³-hybridized carbons (Fsp3) is 0.588. The van der Waals surface area contributed by atoms with Gasteiger partial charge < -0.3 is 15.0 Å². The van der Waals surface area contributed by atoms with Crippen LogP contribution in [0.15, 0.2) is 18.2 Å². The molecule has 1 aliphatic carbocycles. The first-order valence-corrected chi connectivity index (χ1v) is 7.85. The van der Waals surface area contributed by atoms with Crippen molar-refractivity contribution < 1.29 is 9.53 Å². The molecular weight excluding hydrogens is 264 g/mol. The molecule has 1 N–H and O–H groups in total. The zero-order chi connectivity index (χ0) is 14.8. The number of benzene rings is 1. The van der Waals surface area contributed by atoms with Gasteiger partial charge >= 0.3 is 0 Å². The molecule has 0 aromatic heterocycles. The predicted molar refractivity (Wildman–Crippen MR) is 84.8 cm³/mol. The number of amides is 1. The monoisotopic (exact) mass is 288 g/mol. The summed E-state index contributed by atoms with van der Waals surface area (Å²) in [7, 11) is 3.87. The number of hydrogen-bond acceptors (Lipinski definition) is 3. The lowest BCUT2D eigenvalue weighted by molar-refractivity contribution is -0.121. The zero-order valence-corrected chi connectivity index (χ0v) is 12.9. The van der Waals surface area contributed by atoms with E-state index in [1.54, 1.807) is 7.11 Å². The average molecular weight is 288 g/mol. The Balaban J connectivity index is 1.61. The van der Waals surface area contributed by atoms with Gasteiger partial charge in [0.05, 0.1) is 6.10 Å². The Hall–Kier alpha value is -1.55. The second kappa shape index (κ2) is 6.06. The molecule has 0 saturated heterocycles. The first kappa shape index (κ1) is 14.4. The maximum atomic E-state index is 12.4. The van der Waals surface area contributed by atoms with E-state index in [0.717, 1.165) is 44.3 Å². The van der Waals surface area contributed by atoms with Crippen molar-refractivity contribution in [2.24, 2.45) is 5.92 Å². The largest absolute Gasteiger partial charge is 0.381 e. The van der Waals surface area contributed by atoms with Crippen LogP contribution in [0.25, 0.3) is 0 Å². The van der Waals surface area contributed by atoms with Gasteiger partial charge in [0.15, 0.2) is 0 Å². The first-order chi connectivity index (χ1) is 10.2. The summed E-state index contributed by atoms with van der Waals surface area (Å²) in [4.78, 5) is 14.6. The number of carbonyl (C=O) groups is 1. The summed E-state index contributed by atoms with van der Waals surface area (Å²) in [6.07, 6.45) is 5.24. The molecule has 1 fully saturated rings.